The standard InChI is InChI=1S/C18H19F3N2O2S/c1-11(15-10-14(24-2)7-8-16(15)25-3)22-17(26)23-13-6-4-5-12(9-13)18(19,20)21/h4-11H,1-3H3,(H2,22,23,26). The maximum atomic E-state index is 12.8. The Hall–Kier alpha value is -2.48. The number of anilines is 1. The maximum Gasteiger partial charge on any atom is 0.416 e. The Balaban J connectivity index is 2.11. The fourth-order valence-corrected chi connectivity index (χ4v) is 2.69. The second kappa shape index (κ2) is 8.27. The molecule has 0 radical (unpaired) electrons. The molecule has 0 aromatic heterocycles. The van der Waals surface area contributed by atoms with E-state index in [9.17, 15) is 13.2 Å². The quantitative estimate of drug-likeness (QED) is 0.727. The molecule has 140 valence electrons. The lowest BCUT2D eigenvalue weighted by atomic mass is 10.1. The number of rotatable bonds is 5. The first kappa shape index (κ1) is 19.8. The minimum absolute atomic E-state index is 0.196. The van der Waals surface area contributed by atoms with Crippen molar-refractivity contribution in [1.82, 2.24) is 5.32 Å². The predicted molar refractivity (Wildman–Crippen MR) is 98.8 cm³/mol. The number of benzene rings is 2. The molecule has 1 unspecified atom stereocenters. The Labute approximate surface area is 155 Å². The first-order valence-corrected chi connectivity index (χ1v) is 8.12. The van der Waals surface area contributed by atoms with Crippen molar-refractivity contribution in [3.63, 3.8) is 0 Å². The molecule has 0 amide bonds. The van der Waals surface area contributed by atoms with E-state index in [1.807, 2.05) is 13.0 Å². The topological polar surface area (TPSA) is 42.5 Å². The van der Waals surface area contributed by atoms with Crippen LogP contribution < -0.4 is 20.1 Å². The van der Waals surface area contributed by atoms with Crippen molar-refractivity contribution in [2.24, 2.45) is 0 Å². The maximum absolute atomic E-state index is 12.8. The number of ether oxygens (including phenoxy) is 2. The second-order valence-corrected chi connectivity index (χ2v) is 5.91. The zero-order valence-electron chi connectivity index (χ0n) is 14.5. The summed E-state index contributed by atoms with van der Waals surface area (Å²) in [5.41, 5.74) is 0.315. The molecule has 0 saturated carbocycles. The summed E-state index contributed by atoms with van der Waals surface area (Å²) in [6, 6.07) is 9.94. The zero-order chi connectivity index (χ0) is 19.3. The average Bonchev–Trinajstić information content (AvgIpc) is 2.60. The minimum Gasteiger partial charge on any atom is -0.497 e. The Morgan fingerprint density at radius 2 is 1.81 bits per heavy atom. The van der Waals surface area contributed by atoms with E-state index in [4.69, 9.17) is 21.7 Å². The van der Waals surface area contributed by atoms with Gasteiger partial charge in [-0.25, -0.2) is 0 Å². The SMILES string of the molecule is COc1ccc(OC)c(C(C)NC(=S)Nc2cccc(C(F)(F)F)c2)c1. The van der Waals surface area contributed by atoms with Crippen molar-refractivity contribution in [2.75, 3.05) is 19.5 Å². The van der Waals surface area contributed by atoms with Crippen LogP contribution in [0.15, 0.2) is 42.5 Å². The van der Waals surface area contributed by atoms with Crippen LogP contribution >= 0.6 is 12.2 Å². The molecule has 4 nitrogen and oxygen atoms in total. The average molecular weight is 384 g/mol. The van der Waals surface area contributed by atoms with Crippen LogP contribution in [0.5, 0.6) is 11.5 Å². The van der Waals surface area contributed by atoms with E-state index in [0.29, 0.717) is 11.5 Å². The molecular weight excluding hydrogens is 365 g/mol. The molecule has 0 heterocycles. The van der Waals surface area contributed by atoms with E-state index in [2.05, 4.69) is 10.6 Å². The van der Waals surface area contributed by atoms with Gasteiger partial charge in [0.05, 0.1) is 25.8 Å². The van der Waals surface area contributed by atoms with E-state index < -0.39 is 11.7 Å². The number of thiocarbonyl (C=S) groups is 1. The Morgan fingerprint density at radius 3 is 2.42 bits per heavy atom. The van der Waals surface area contributed by atoms with Gasteiger partial charge in [-0.15, -0.1) is 0 Å². The molecule has 0 bridgehead atoms. The van der Waals surface area contributed by atoms with Gasteiger partial charge in [0.15, 0.2) is 5.11 Å². The minimum atomic E-state index is -4.41. The molecule has 1 atom stereocenters. The van der Waals surface area contributed by atoms with Crippen molar-refractivity contribution < 1.29 is 22.6 Å². The number of hydrogen-bond acceptors (Lipinski definition) is 3. The van der Waals surface area contributed by atoms with Crippen LogP contribution in [0, 0.1) is 0 Å². The Morgan fingerprint density at radius 1 is 1.08 bits per heavy atom. The molecule has 2 N–H and O–H groups in total. The van der Waals surface area contributed by atoms with E-state index in [1.54, 1.807) is 26.4 Å². The van der Waals surface area contributed by atoms with Gasteiger partial charge in [-0.3, -0.25) is 0 Å². The fraction of sp³-hybridized carbons (Fsp3) is 0.278. The second-order valence-electron chi connectivity index (χ2n) is 5.51. The summed E-state index contributed by atoms with van der Waals surface area (Å²) in [4.78, 5) is 0. The van der Waals surface area contributed by atoms with Gasteiger partial charge >= 0.3 is 6.18 Å². The Kier molecular flexibility index (Phi) is 6.31. The largest absolute Gasteiger partial charge is 0.497 e. The molecule has 26 heavy (non-hydrogen) atoms. The lowest BCUT2D eigenvalue weighted by Crippen LogP contribution is -2.31. The summed E-state index contributed by atoms with van der Waals surface area (Å²) >= 11 is 5.21. The summed E-state index contributed by atoms with van der Waals surface area (Å²) in [5.74, 6) is 1.30. The van der Waals surface area contributed by atoms with Crippen LogP contribution in [-0.4, -0.2) is 19.3 Å². The van der Waals surface area contributed by atoms with Gasteiger partial charge in [-0.2, -0.15) is 13.2 Å². The predicted octanol–water partition coefficient (Wildman–Crippen LogP) is 4.77. The van der Waals surface area contributed by atoms with Crippen molar-refractivity contribution in [3.05, 3.63) is 53.6 Å². The van der Waals surface area contributed by atoms with Gasteiger partial charge < -0.3 is 20.1 Å². The van der Waals surface area contributed by atoms with Gasteiger partial charge in [0, 0.05) is 11.3 Å². The number of hydrogen-bond donors (Lipinski definition) is 2. The molecule has 8 heteroatoms. The molecule has 0 saturated heterocycles. The smallest absolute Gasteiger partial charge is 0.416 e. The van der Waals surface area contributed by atoms with Crippen molar-refractivity contribution in [1.29, 1.82) is 0 Å². The lowest BCUT2D eigenvalue weighted by Gasteiger charge is -2.20. The van der Waals surface area contributed by atoms with Gasteiger partial charge in [0.25, 0.3) is 0 Å². The fourth-order valence-electron chi connectivity index (χ4n) is 2.39. The zero-order valence-corrected chi connectivity index (χ0v) is 15.3. The number of nitrogens with one attached hydrogen (secondary N) is 2. The van der Waals surface area contributed by atoms with E-state index in [0.717, 1.165) is 17.7 Å². The highest BCUT2D eigenvalue weighted by Gasteiger charge is 2.30. The summed E-state index contributed by atoms with van der Waals surface area (Å²) < 4.78 is 48.9. The van der Waals surface area contributed by atoms with Gasteiger partial charge in [-0.1, -0.05) is 6.07 Å². The highest BCUT2D eigenvalue weighted by Crippen LogP contribution is 2.31. The van der Waals surface area contributed by atoms with Gasteiger partial charge in [0.2, 0.25) is 0 Å². The first-order valence-electron chi connectivity index (χ1n) is 7.71. The summed E-state index contributed by atoms with van der Waals surface area (Å²) in [5, 5.41) is 6.00. The van der Waals surface area contributed by atoms with E-state index >= 15 is 0 Å². The summed E-state index contributed by atoms with van der Waals surface area (Å²) in [6.45, 7) is 1.86. The third-order valence-corrected chi connectivity index (χ3v) is 3.92. The Bertz CT molecular complexity index is 781. The molecule has 0 spiro atoms. The van der Waals surface area contributed by atoms with Crippen LogP contribution in [0.2, 0.25) is 0 Å². The first-order chi connectivity index (χ1) is 12.2. The molecule has 2 aromatic carbocycles. The van der Waals surface area contributed by atoms with E-state index in [-0.39, 0.29) is 16.8 Å². The van der Waals surface area contributed by atoms with Crippen molar-refractivity contribution in [2.45, 2.75) is 19.1 Å². The summed E-state index contributed by atoms with van der Waals surface area (Å²) in [7, 11) is 3.11. The molecule has 0 fully saturated rings. The monoisotopic (exact) mass is 384 g/mol. The van der Waals surface area contributed by atoms with Crippen molar-refractivity contribution in [3.8, 4) is 11.5 Å². The van der Waals surface area contributed by atoms with Crippen LogP contribution in [0.3, 0.4) is 0 Å². The molecule has 2 aromatic rings. The van der Waals surface area contributed by atoms with Crippen molar-refractivity contribution >= 4 is 23.0 Å². The number of methoxy groups -OCH3 is 2. The third-order valence-electron chi connectivity index (χ3n) is 3.70. The molecule has 0 aliphatic carbocycles. The molecule has 0 aliphatic rings. The van der Waals surface area contributed by atoms with E-state index in [1.165, 1.54) is 12.1 Å². The molecular formula is C18H19F3N2O2S. The lowest BCUT2D eigenvalue weighted by molar-refractivity contribution is -0.137. The van der Waals surface area contributed by atoms with Crippen LogP contribution in [0.1, 0.15) is 24.1 Å². The van der Waals surface area contributed by atoms with Gasteiger partial charge in [-0.05, 0) is 55.5 Å². The normalized spacial score (nSPS) is 12.2. The van der Waals surface area contributed by atoms with Crippen LogP contribution in [0.25, 0.3) is 0 Å². The van der Waals surface area contributed by atoms with Crippen LogP contribution in [-0.2, 0) is 6.18 Å². The molecule has 2 rings (SSSR count). The van der Waals surface area contributed by atoms with Gasteiger partial charge in [0.1, 0.15) is 11.5 Å². The molecule has 0 aliphatic heterocycles. The number of alkyl halides is 3. The highest BCUT2D eigenvalue weighted by molar-refractivity contribution is 7.80. The van der Waals surface area contributed by atoms with Crippen LogP contribution in [0.4, 0.5) is 18.9 Å². The summed E-state index contributed by atoms with van der Waals surface area (Å²) in [6.07, 6.45) is -4.41. The highest BCUT2D eigenvalue weighted by atomic mass is 32.1. The number of halogens is 3. The third kappa shape index (κ3) is 5.01.